The molecule has 0 aromatic heterocycles. The molecule has 0 aromatic rings. The molecule has 0 N–H and O–H groups in total. The Kier molecular flexibility index (Phi) is 8.69. The van der Waals surface area contributed by atoms with Crippen molar-refractivity contribution >= 4 is 11.9 Å². The van der Waals surface area contributed by atoms with E-state index in [0.29, 0.717) is 52.4 Å². The van der Waals surface area contributed by atoms with Gasteiger partial charge in [-0.15, -0.1) is 6.58 Å². The van der Waals surface area contributed by atoms with E-state index >= 15 is 0 Å². The van der Waals surface area contributed by atoms with E-state index in [2.05, 4.69) is 6.58 Å². The molecule has 1 heterocycles. The molecule has 1 saturated heterocycles. The minimum absolute atomic E-state index is 0.160. The molecule has 0 saturated carbocycles. The van der Waals surface area contributed by atoms with Crippen LogP contribution in [0.5, 0.6) is 0 Å². The normalized spacial score (nSPS) is 15.0. The third-order valence-corrected chi connectivity index (χ3v) is 3.27. The first kappa shape index (κ1) is 17.7. The number of hydrogen-bond donors (Lipinski definition) is 0. The third-order valence-electron chi connectivity index (χ3n) is 3.27. The summed E-state index contributed by atoms with van der Waals surface area (Å²) in [6, 6.07) is 0. The molecule has 120 valence electrons. The highest BCUT2D eigenvalue weighted by Crippen LogP contribution is 2.04. The molecular weight excluding hydrogens is 272 g/mol. The van der Waals surface area contributed by atoms with Crippen LogP contribution in [-0.4, -0.2) is 74.2 Å². The molecule has 0 aliphatic carbocycles. The lowest BCUT2D eigenvalue weighted by molar-refractivity contribution is -0.144. The van der Waals surface area contributed by atoms with Gasteiger partial charge in [0.15, 0.2) is 0 Å². The van der Waals surface area contributed by atoms with Crippen LogP contribution in [0.15, 0.2) is 12.7 Å². The van der Waals surface area contributed by atoms with Gasteiger partial charge in [0, 0.05) is 26.1 Å². The van der Waals surface area contributed by atoms with Gasteiger partial charge >= 0.3 is 5.97 Å². The van der Waals surface area contributed by atoms with Crippen molar-refractivity contribution in [3.05, 3.63) is 12.7 Å². The number of hydrogen-bond acceptors (Lipinski definition) is 5. The van der Waals surface area contributed by atoms with Gasteiger partial charge in [0.1, 0.15) is 0 Å². The maximum Gasteiger partial charge on any atom is 0.320 e. The standard InChI is InChI=1S/C15H26N2O4/c1-3-7-16(13-15(19)21-4-2)8-5-6-14(18)17-9-11-20-12-10-17/h3H,1,4-13H2,2H3. The van der Waals surface area contributed by atoms with Gasteiger partial charge in [0.05, 0.1) is 26.4 Å². The number of ether oxygens (including phenoxy) is 2. The summed E-state index contributed by atoms with van der Waals surface area (Å²) in [5.74, 6) is -0.0770. The molecule has 1 amide bonds. The molecule has 0 radical (unpaired) electrons. The van der Waals surface area contributed by atoms with Crippen LogP contribution >= 0.6 is 0 Å². The Morgan fingerprint density at radius 1 is 1.38 bits per heavy atom. The molecule has 21 heavy (non-hydrogen) atoms. The van der Waals surface area contributed by atoms with E-state index in [1.54, 1.807) is 13.0 Å². The molecule has 0 bridgehead atoms. The van der Waals surface area contributed by atoms with Gasteiger partial charge in [0.2, 0.25) is 5.91 Å². The SMILES string of the molecule is C=CCN(CCCC(=O)N1CCOCC1)CC(=O)OCC. The fraction of sp³-hybridized carbons (Fsp3) is 0.733. The summed E-state index contributed by atoms with van der Waals surface area (Å²) in [6.07, 6.45) is 2.98. The average molecular weight is 298 g/mol. The van der Waals surface area contributed by atoms with E-state index in [4.69, 9.17) is 9.47 Å². The summed E-state index contributed by atoms with van der Waals surface area (Å²) in [7, 11) is 0. The van der Waals surface area contributed by atoms with Gasteiger partial charge in [-0.2, -0.15) is 0 Å². The van der Waals surface area contributed by atoms with Crippen molar-refractivity contribution in [3.8, 4) is 0 Å². The number of amides is 1. The quantitative estimate of drug-likeness (QED) is 0.463. The fourth-order valence-corrected chi connectivity index (χ4v) is 2.23. The minimum Gasteiger partial charge on any atom is -0.465 e. The Labute approximate surface area is 126 Å². The van der Waals surface area contributed by atoms with E-state index < -0.39 is 0 Å². The van der Waals surface area contributed by atoms with Gasteiger partial charge in [0.25, 0.3) is 0 Å². The van der Waals surface area contributed by atoms with Gasteiger partial charge < -0.3 is 14.4 Å². The second-order valence-electron chi connectivity index (χ2n) is 4.93. The van der Waals surface area contributed by atoms with Crippen LogP contribution in [0.4, 0.5) is 0 Å². The Morgan fingerprint density at radius 3 is 2.71 bits per heavy atom. The molecule has 0 atom stereocenters. The van der Waals surface area contributed by atoms with Crippen molar-refractivity contribution in [2.24, 2.45) is 0 Å². The second-order valence-corrected chi connectivity index (χ2v) is 4.93. The fourth-order valence-electron chi connectivity index (χ4n) is 2.23. The lowest BCUT2D eigenvalue weighted by atomic mass is 10.2. The van der Waals surface area contributed by atoms with Crippen LogP contribution in [0, 0.1) is 0 Å². The van der Waals surface area contributed by atoms with Crippen molar-refractivity contribution in [1.82, 2.24) is 9.80 Å². The predicted octanol–water partition coefficient (Wildman–Crippen LogP) is 0.677. The summed E-state index contributed by atoms with van der Waals surface area (Å²) in [5.41, 5.74) is 0. The Hall–Kier alpha value is -1.40. The maximum absolute atomic E-state index is 12.0. The van der Waals surface area contributed by atoms with Crippen LogP contribution < -0.4 is 0 Å². The van der Waals surface area contributed by atoms with Crippen molar-refractivity contribution in [2.75, 3.05) is 52.5 Å². The van der Waals surface area contributed by atoms with Crippen LogP contribution in [0.1, 0.15) is 19.8 Å². The summed E-state index contributed by atoms with van der Waals surface area (Å²) in [6.45, 7) is 10.0. The van der Waals surface area contributed by atoms with Crippen molar-refractivity contribution in [2.45, 2.75) is 19.8 Å². The van der Waals surface area contributed by atoms with E-state index in [-0.39, 0.29) is 18.4 Å². The number of rotatable bonds is 9. The Balaban J connectivity index is 2.26. The first-order valence-electron chi connectivity index (χ1n) is 7.51. The third kappa shape index (κ3) is 7.24. The van der Waals surface area contributed by atoms with Gasteiger partial charge in [-0.05, 0) is 19.9 Å². The van der Waals surface area contributed by atoms with E-state index in [9.17, 15) is 9.59 Å². The van der Waals surface area contributed by atoms with Gasteiger partial charge in [-0.1, -0.05) is 6.08 Å². The molecule has 6 nitrogen and oxygen atoms in total. The molecule has 6 heteroatoms. The lowest BCUT2D eigenvalue weighted by Gasteiger charge is -2.27. The van der Waals surface area contributed by atoms with Crippen LogP contribution in [-0.2, 0) is 19.1 Å². The molecular formula is C15H26N2O4. The monoisotopic (exact) mass is 298 g/mol. The number of carbonyl (C=O) groups excluding carboxylic acids is 2. The number of nitrogens with zero attached hydrogens (tertiary/aromatic N) is 2. The minimum atomic E-state index is -0.237. The smallest absolute Gasteiger partial charge is 0.320 e. The zero-order valence-electron chi connectivity index (χ0n) is 12.9. The second kappa shape index (κ2) is 10.3. The molecule has 1 rings (SSSR count). The van der Waals surface area contributed by atoms with E-state index in [0.717, 1.165) is 6.42 Å². The first-order chi connectivity index (χ1) is 10.2. The molecule has 0 spiro atoms. The zero-order chi connectivity index (χ0) is 15.5. The number of carbonyl (C=O) groups is 2. The molecule has 0 unspecified atom stereocenters. The predicted molar refractivity (Wildman–Crippen MR) is 79.9 cm³/mol. The lowest BCUT2D eigenvalue weighted by Crippen LogP contribution is -2.41. The van der Waals surface area contributed by atoms with E-state index in [1.165, 1.54) is 0 Å². The Morgan fingerprint density at radius 2 is 2.10 bits per heavy atom. The van der Waals surface area contributed by atoms with Gasteiger partial charge in [-0.25, -0.2) is 0 Å². The highest BCUT2D eigenvalue weighted by Gasteiger charge is 2.17. The summed E-state index contributed by atoms with van der Waals surface area (Å²) >= 11 is 0. The maximum atomic E-state index is 12.0. The van der Waals surface area contributed by atoms with Crippen molar-refractivity contribution < 1.29 is 19.1 Å². The van der Waals surface area contributed by atoms with Crippen LogP contribution in [0.2, 0.25) is 0 Å². The highest BCUT2D eigenvalue weighted by atomic mass is 16.5. The highest BCUT2D eigenvalue weighted by molar-refractivity contribution is 5.76. The first-order valence-corrected chi connectivity index (χ1v) is 7.51. The van der Waals surface area contributed by atoms with E-state index in [1.807, 2.05) is 9.80 Å². The number of esters is 1. The summed E-state index contributed by atoms with van der Waals surface area (Å²) < 4.78 is 10.2. The van der Waals surface area contributed by atoms with Crippen molar-refractivity contribution in [1.29, 1.82) is 0 Å². The van der Waals surface area contributed by atoms with Crippen LogP contribution in [0.25, 0.3) is 0 Å². The largest absolute Gasteiger partial charge is 0.465 e. The topological polar surface area (TPSA) is 59.1 Å². The molecule has 1 aliphatic heterocycles. The molecule has 1 aliphatic rings. The Bertz CT molecular complexity index is 341. The number of morpholine rings is 1. The van der Waals surface area contributed by atoms with Crippen LogP contribution in [0.3, 0.4) is 0 Å². The summed E-state index contributed by atoms with van der Waals surface area (Å²) in [4.78, 5) is 27.3. The zero-order valence-corrected chi connectivity index (χ0v) is 12.9. The molecule has 1 fully saturated rings. The molecule has 0 aromatic carbocycles. The van der Waals surface area contributed by atoms with Gasteiger partial charge in [-0.3, -0.25) is 14.5 Å². The van der Waals surface area contributed by atoms with Crippen molar-refractivity contribution in [3.63, 3.8) is 0 Å². The average Bonchev–Trinajstić information content (AvgIpc) is 2.48. The summed E-state index contributed by atoms with van der Waals surface area (Å²) in [5, 5.41) is 0.